The molecule has 0 saturated carbocycles. The summed E-state index contributed by atoms with van der Waals surface area (Å²) >= 11 is 0. The molecular weight excluding hydrogens is 305 g/mol. The fraction of sp³-hybridized carbons (Fsp3) is 0.333. The molecule has 3 heterocycles. The largest absolute Gasteiger partial charge is 0.310 e. The van der Waals surface area contributed by atoms with E-state index in [0.717, 1.165) is 41.8 Å². The van der Waals surface area contributed by atoms with Crippen LogP contribution in [0.25, 0.3) is 22.5 Å². The summed E-state index contributed by atoms with van der Waals surface area (Å²) in [5, 5.41) is 14.8. The fourth-order valence-electron chi connectivity index (χ4n) is 3.43. The molecule has 5 nitrogen and oxygen atoms in total. The zero-order valence-corrected chi connectivity index (χ0v) is 13.8. The number of nitrogens with one attached hydrogen (secondary N) is 2. The number of hydrogen-bond acceptors (Lipinski definition) is 3. The molecule has 1 saturated heterocycles. The smallest absolute Gasteiger partial charge is 0.133 e. The van der Waals surface area contributed by atoms with E-state index in [2.05, 4.69) is 26.7 Å². The van der Waals surface area contributed by atoms with Crippen molar-refractivity contribution in [3.05, 3.63) is 47.5 Å². The first-order valence-corrected chi connectivity index (χ1v) is 8.20. The summed E-state index contributed by atoms with van der Waals surface area (Å²) in [5.74, 6) is -0.208. The lowest BCUT2D eigenvalue weighted by atomic mass is 9.97. The number of aromatic amines is 1. The minimum Gasteiger partial charge on any atom is -0.310 e. The van der Waals surface area contributed by atoms with E-state index in [1.807, 2.05) is 26.2 Å². The van der Waals surface area contributed by atoms with E-state index in [-0.39, 0.29) is 11.9 Å². The zero-order valence-electron chi connectivity index (χ0n) is 13.8. The molecule has 0 spiro atoms. The van der Waals surface area contributed by atoms with Gasteiger partial charge in [0, 0.05) is 30.4 Å². The Morgan fingerprint density at radius 2 is 2.17 bits per heavy atom. The number of H-pyrrole nitrogens is 1. The molecule has 0 radical (unpaired) electrons. The molecule has 0 aliphatic carbocycles. The predicted octanol–water partition coefficient (Wildman–Crippen LogP) is 3.35. The van der Waals surface area contributed by atoms with Gasteiger partial charge in [-0.2, -0.15) is 10.2 Å². The Labute approximate surface area is 139 Å². The van der Waals surface area contributed by atoms with E-state index in [9.17, 15) is 4.39 Å². The Kier molecular flexibility index (Phi) is 3.69. The van der Waals surface area contributed by atoms with E-state index >= 15 is 0 Å². The van der Waals surface area contributed by atoms with Gasteiger partial charge in [0.05, 0.1) is 17.6 Å². The number of aromatic nitrogens is 4. The topological polar surface area (TPSA) is 58.5 Å². The van der Waals surface area contributed by atoms with Crippen molar-refractivity contribution in [2.45, 2.75) is 25.8 Å². The van der Waals surface area contributed by atoms with Gasteiger partial charge in [-0.1, -0.05) is 6.07 Å². The van der Waals surface area contributed by atoms with Gasteiger partial charge in [-0.3, -0.25) is 9.78 Å². The van der Waals surface area contributed by atoms with Crippen LogP contribution in [0.3, 0.4) is 0 Å². The van der Waals surface area contributed by atoms with Crippen LogP contribution < -0.4 is 5.32 Å². The first-order chi connectivity index (χ1) is 11.6. The van der Waals surface area contributed by atoms with Crippen molar-refractivity contribution < 1.29 is 4.39 Å². The molecule has 1 aromatic carbocycles. The molecule has 1 atom stereocenters. The molecule has 1 aliphatic heterocycles. The average Bonchev–Trinajstić information content (AvgIpc) is 3.27. The Balaban J connectivity index is 1.70. The quantitative estimate of drug-likeness (QED) is 0.776. The standard InChI is InChI=1S/C18H20FN5/c1-11-6-12(15-4-3-5-20-15)7-14(19)18(11)17-8-16(22-23-17)13-9-21-24(2)10-13/h6-10,15,20H,3-5H2,1-2H3,(H,22,23). The molecule has 3 aromatic rings. The normalized spacial score (nSPS) is 17.5. The molecule has 0 bridgehead atoms. The molecule has 0 amide bonds. The van der Waals surface area contributed by atoms with Gasteiger partial charge in [-0.25, -0.2) is 4.39 Å². The van der Waals surface area contributed by atoms with Crippen molar-refractivity contribution in [2.24, 2.45) is 7.05 Å². The molecule has 2 aromatic heterocycles. The van der Waals surface area contributed by atoms with Crippen LogP contribution in [0, 0.1) is 12.7 Å². The highest BCUT2D eigenvalue weighted by atomic mass is 19.1. The fourth-order valence-corrected chi connectivity index (χ4v) is 3.43. The highest BCUT2D eigenvalue weighted by Gasteiger charge is 2.20. The molecule has 4 rings (SSSR count). The van der Waals surface area contributed by atoms with Crippen LogP contribution in [0.5, 0.6) is 0 Å². The lowest BCUT2D eigenvalue weighted by molar-refractivity contribution is 0.607. The molecule has 124 valence electrons. The maximum atomic E-state index is 14.8. The lowest BCUT2D eigenvalue weighted by Gasteiger charge is -2.14. The molecule has 1 aliphatic rings. The van der Waals surface area contributed by atoms with Crippen molar-refractivity contribution in [2.75, 3.05) is 6.54 Å². The highest BCUT2D eigenvalue weighted by Crippen LogP contribution is 2.32. The molecule has 2 N–H and O–H groups in total. The second kappa shape index (κ2) is 5.87. The van der Waals surface area contributed by atoms with Gasteiger partial charge in [0.25, 0.3) is 0 Å². The van der Waals surface area contributed by atoms with Crippen LogP contribution in [-0.2, 0) is 7.05 Å². The molecule has 24 heavy (non-hydrogen) atoms. The number of rotatable bonds is 3. The number of hydrogen-bond donors (Lipinski definition) is 2. The minimum atomic E-state index is -0.208. The first-order valence-electron chi connectivity index (χ1n) is 8.20. The molecule has 1 fully saturated rings. The van der Waals surface area contributed by atoms with Crippen molar-refractivity contribution in [3.8, 4) is 22.5 Å². The predicted molar refractivity (Wildman–Crippen MR) is 90.9 cm³/mol. The Hall–Kier alpha value is -2.47. The second-order valence-electron chi connectivity index (χ2n) is 6.41. The Morgan fingerprint density at radius 3 is 2.83 bits per heavy atom. The average molecular weight is 325 g/mol. The third-order valence-corrected chi connectivity index (χ3v) is 4.62. The van der Waals surface area contributed by atoms with Crippen LogP contribution in [0.4, 0.5) is 4.39 Å². The van der Waals surface area contributed by atoms with Crippen LogP contribution in [0.15, 0.2) is 30.6 Å². The highest BCUT2D eigenvalue weighted by molar-refractivity contribution is 5.70. The van der Waals surface area contributed by atoms with E-state index in [4.69, 9.17) is 0 Å². The first kappa shape index (κ1) is 15.1. The SMILES string of the molecule is Cc1cc(C2CCCN2)cc(F)c1-c1cc(-c2cnn(C)c2)n[nH]1. The lowest BCUT2D eigenvalue weighted by Crippen LogP contribution is -2.13. The van der Waals surface area contributed by atoms with Gasteiger partial charge in [0.1, 0.15) is 5.82 Å². The van der Waals surface area contributed by atoms with Gasteiger partial charge in [0.2, 0.25) is 0 Å². The van der Waals surface area contributed by atoms with E-state index in [1.165, 1.54) is 0 Å². The van der Waals surface area contributed by atoms with Crippen LogP contribution in [0.2, 0.25) is 0 Å². The summed E-state index contributed by atoms with van der Waals surface area (Å²) in [6, 6.07) is 5.86. The minimum absolute atomic E-state index is 0.208. The Bertz CT molecular complexity index is 850. The number of benzene rings is 1. The van der Waals surface area contributed by atoms with Gasteiger partial charge >= 0.3 is 0 Å². The number of halogens is 1. The van der Waals surface area contributed by atoms with E-state index < -0.39 is 0 Å². The van der Waals surface area contributed by atoms with Crippen molar-refractivity contribution in [1.82, 2.24) is 25.3 Å². The zero-order chi connectivity index (χ0) is 16.7. The second-order valence-corrected chi connectivity index (χ2v) is 6.41. The van der Waals surface area contributed by atoms with E-state index in [0.29, 0.717) is 11.3 Å². The van der Waals surface area contributed by atoms with Gasteiger partial charge in [-0.15, -0.1) is 0 Å². The van der Waals surface area contributed by atoms with Crippen molar-refractivity contribution in [3.63, 3.8) is 0 Å². The molecular formula is C18H20FN5. The summed E-state index contributed by atoms with van der Waals surface area (Å²) in [6.07, 6.45) is 5.84. The van der Waals surface area contributed by atoms with Gasteiger partial charge < -0.3 is 5.32 Å². The van der Waals surface area contributed by atoms with E-state index in [1.54, 1.807) is 16.9 Å². The number of nitrogens with zero attached hydrogens (tertiary/aromatic N) is 3. The number of aryl methyl sites for hydroxylation is 2. The summed E-state index contributed by atoms with van der Waals surface area (Å²) in [4.78, 5) is 0. The maximum Gasteiger partial charge on any atom is 0.133 e. The van der Waals surface area contributed by atoms with Gasteiger partial charge in [0.15, 0.2) is 0 Å². The summed E-state index contributed by atoms with van der Waals surface area (Å²) in [6.45, 7) is 2.95. The monoisotopic (exact) mass is 325 g/mol. The third kappa shape index (κ3) is 2.63. The summed E-state index contributed by atoms with van der Waals surface area (Å²) in [7, 11) is 1.86. The molecule has 1 unspecified atom stereocenters. The summed E-state index contributed by atoms with van der Waals surface area (Å²) < 4.78 is 16.5. The van der Waals surface area contributed by atoms with Gasteiger partial charge in [-0.05, 0) is 49.6 Å². The maximum absolute atomic E-state index is 14.8. The molecule has 6 heteroatoms. The van der Waals surface area contributed by atoms with Crippen molar-refractivity contribution in [1.29, 1.82) is 0 Å². The van der Waals surface area contributed by atoms with Crippen LogP contribution >= 0.6 is 0 Å². The Morgan fingerprint density at radius 1 is 1.29 bits per heavy atom. The third-order valence-electron chi connectivity index (χ3n) is 4.62. The van der Waals surface area contributed by atoms with Crippen LogP contribution in [-0.4, -0.2) is 26.5 Å². The van der Waals surface area contributed by atoms with Crippen LogP contribution in [0.1, 0.15) is 30.0 Å². The summed E-state index contributed by atoms with van der Waals surface area (Å²) in [5.41, 5.74) is 4.88. The van der Waals surface area contributed by atoms with Crippen molar-refractivity contribution >= 4 is 0 Å².